The molecule has 3 aromatic rings. The number of rotatable bonds is 5. The van der Waals surface area contributed by atoms with Gasteiger partial charge in [0.2, 0.25) is 0 Å². The third-order valence-electron chi connectivity index (χ3n) is 3.82. The van der Waals surface area contributed by atoms with Crippen molar-refractivity contribution in [2.75, 3.05) is 11.9 Å². The number of alkyl halides is 3. The molecule has 2 aromatic carbocycles. The lowest BCUT2D eigenvalue weighted by molar-refractivity contribution is -0.384. The molecular weight excluding hydrogens is 433 g/mol. The predicted molar refractivity (Wildman–Crippen MR) is 99.7 cm³/mol. The summed E-state index contributed by atoms with van der Waals surface area (Å²) < 4.78 is 49.1. The van der Waals surface area contributed by atoms with Crippen LogP contribution in [0.4, 0.5) is 24.5 Å². The number of halogens is 4. The highest BCUT2D eigenvalue weighted by Gasteiger charge is 2.33. The van der Waals surface area contributed by atoms with Crippen LogP contribution in [0.25, 0.3) is 11.0 Å². The van der Waals surface area contributed by atoms with Crippen molar-refractivity contribution in [2.45, 2.75) is 6.18 Å². The highest BCUT2D eigenvalue weighted by molar-refractivity contribution is 6.32. The molecular formula is C18H10ClF3N2O6. The Bertz CT molecular complexity index is 1210. The number of nitro benzene ring substituents is 1. The van der Waals surface area contributed by atoms with Crippen LogP contribution in [0.1, 0.15) is 5.56 Å². The fourth-order valence-electron chi connectivity index (χ4n) is 2.54. The van der Waals surface area contributed by atoms with Crippen molar-refractivity contribution in [1.82, 2.24) is 0 Å². The first-order chi connectivity index (χ1) is 14.0. The molecule has 30 heavy (non-hydrogen) atoms. The SMILES string of the molecule is O=C(COc1ccc2c(C(F)(F)F)cc(=O)oc2c1)Nc1ccc(Cl)c([N+](=O)[O-])c1. The van der Waals surface area contributed by atoms with E-state index >= 15 is 0 Å². The van der Waals surface area contributed by atoms with Gasteiger partial charge < -0.3 is 14.5 Å². The molecule has 0 fully saturated rings. The molecule has 0 radical (unpaired) electrons. The van der Waals surface area contributed by atoms with Crippen LogP contribution in [0.3, 0.4) is 0 Å². The number of fused-ring (bicyclic) bond motifs is 1. The zero-order chi connectivity index (χ0) is 22.1. The van der Waals surface area contributed by atoms with Gasteiger partial charge in [-0.2, -0.15) is 13.2 Å². The molecule has 0 unspecified atom stereocenters. The van der Waals surface area contributed by atoms with Crippen LogP contribution < -0.4 is 15.7 Å². The Balaban J connectivity index is 1.74. The van der Waals surface area contributed by atoms with Crippen molar-refractivity contribution in [3.8, 4) is 5.75 Å². The van der Waals surface area contributed by atoms with Gasteiger partial charge in [-0.3, -0.25) is 14.9 Å². The van der Waals surface area contributed by atoms with Crippen molar-refractivity contribution in [1.29, 1.82) is 0 Å². The molecule has 8 nitrogen and oxygen atoms in total. The van der Waals surface area contributed by atoms with Crippen molar-refractivity contribution in [2.24, 2.45) is 0 Å². The lowest BCUT2D eigenvalue weighted by Gasteiger charge is -2.11. The van der Waals surface area contributed by atoms with E-state index in [1.807, 2.05) is 0 Å². The van der Waals surface area contributed by atoms with Crippen molar-refractivity contribution >= 4 is 39.9 Å². The Kier molecular flexibility index (Phi) is 5.65. The molecule has 0 aliphatic heterocycles. The van der Waals surface area contributed by atoms with Gasteiger partial charge in [-0.25, -0.2) is 4.79 Å². The quantitative estimate of drug-likeness (QED) is 0.356. The van der Waals surface area contributed by atoms with Gasteiger partial charge in [-0.1, -0.05) is 11.6 Å². The first-order valence-corrected chi connectivity index (χ1v) is 8.44. The van der Waals surface area contributed by atoms with Gasteiger partial charge in [0.15, 0.2) is 6.61 Å². The Morgan fingerprint density at radius 1 is 1.20 bits per heavy atom. The Labute approximate surface area is 170 Å². The van der Waals surface area contributed by atoms with Crippen LogP contribution in [-0.2, 0) is 11.0 Å². The lowest BCUT2D eigenvalue weighted by atomic mass is 10.1. The summed E-state index contributed by atoms with van der Waals surface area (Å²) in [6.45, 7) is -0.564. The molecule has 0 spiro atoms. The maximum absolute atomic E-state index is 13.0. The average Bonchev–Trinajstić information content (AvgIpc) is 2.66. The van der Waals surface area contributed by atoms with Crippen LogP contribution in [0.5, 0.6) is 5.75 Å². The van der Waals surface area contributed by atoms with Gasteiger partial charge in [0.1, 0.15) is 16.4 Å². The summed E-state index contributed by atoms with van der Waals surface area (Å²) in [4.78, 5) is 33.5. The van der Waals surface area contributed by atoms with E-state index in [1.54, 1.807) is 0 Å². The molecule has 1 aromatic heterocycles. The molecule has 0 aliphatic carbocycles. The minimum atomic E-state index is -4.75. The summed E-state index contributed by atoms with van der Waals surface area (Å²) in [5, 5.41) is 12.8. The maximum atomic E-state index is 13.0. The van der Waals surface area contributed by atoms with Crippen molar-refractivity contribution in [3.05, 3.63) is 73.6 Å². The number of nitrogens with zero attached hydrogens (tertiary/aromatic N) is 1. The van der Waals surface area contributed by atoms with E-state index in [9.17, 15) is 32.9 Å². The lowest BCUT2D eigenvalue weighted by Crippen LogP contribution is -2.20. The Hall–Kier alpha value is -3.60. The largest absolute Gasteiger partial charge is 0.484 e. The van der Waals surface area contributed by atoms with Gasteiger partial charge in [0, 0.05) is 29.3 Å². The second-order valence-corrected chi connectivity index (χ2v) is 6.30. The van der Waals surface area contributed by atoms with E-state index in [0.717, 1.165) is 18.2 Å². The predicted octanol–water partition coefficient (Wildman–Crippen LogP) is 4.39. The number of carbonyl (C=O) groups excluding carboxylic acids is 1. The van der Waals surface area contributed by atoms with Crippen LogP contribution in [0.2, 0.25) is 5.02 Å². The third kappa shape index (κ3) is 4.69. The summed E-state index contributed by atoms with van der Waals surface area (Å²) in [5.74, 6) is -0.723. The van der Waals surface area contributed by atoms with Gasteiger partial charge in [0.25, 0.3) is 11.6 Å². The molecule has 12 heteroatoms. The highest BCUT2D eigenvalue weighted by Crippen LogP contribution is 2.35. The van der Waals surface area contributed by atoms with Crippen LogP contribution in [0.15, 0.2) is 51.7 Å². The van der Waals surface area contributed by atoms with E-state index in [-0.39, 0.29) is 27.4 Å². The summed E-state index contributed by atoms with van der Waals surface area (Å²) >= 11 is 5.69. The molecule has 0 atom stereocenters. The molecule has 156 valence electrons. The number of nitro groups is 1. The summed E-state index contributed by atoms with van der Waals surface area (Å²) in [6.07, 6.45) is -4.75. The number of benzene rings is 2. The zero-order valence-corrected chi connectivity index (χ0v) is 15.4. The van der Waals surface area contributed by atoms with Crippen molar-refractivity contribution < 1.29 is 32.0 Å². The minimum absolute atomic E-state index is 0.0257. The normalized spacial score (nSPS) is 11.3. The average molecular weight is 443 g/mol. The monoisotopic (exact) mass is 442 g/mol. The standard InChI is InChI=1S/C18H10ClF3N2O6/c19-13-4-1-9(5-14(13)24(27)28)23-16(25)8-29-10-2-3-11-12(18(20,21)22)7-17(26)30-15(11)6-10/h1-7H,8H2,(H,23,25). The molecule has 0 bridgehead atoms. The second kappa shape index (κ2) is 8.03. The van der Waals surface area contributed by atoms with E-state index < -0.39 is 40.5 Å². The first kappa shape index (κ1) is 21.1. The molecule has 1 amide bonds. The summed E-state index contributed by atoms with van der Waals surface area (Å²) in [5.41, 5.74) is -3.00. The number of hydrogen-bond acceptors (Lipinski definition) is 6. The number of carbonyl (C=O) groups is 1. The van der Waals surface area contributed by atoms with Gasteiger partial charge in [-0.05, 0) is 24.3 Å². The number of amides is 1. The Morgan fingerprint density at radius 3 is 2.60 bits per heavy atom. The van der Waals surface area contributed by atoms with Gasteiger partial charge >= 0.3 is 11.8 Å². The van der Waals surface area contributed by atoms with E-state index in [4.69, 9.17) is 20.8 Å². The van der Waals surface area contributed by atoms with E-state index in [2.05, 4.69) is 5.32 Å². The highest BCUT2D eigenvalue weighted by atomic mass is 35.5. The maximum Gasteiger partial charge on any atom is 0.417 e. The van der Waals surface area contributed by atoms with Gasteiger partial charge in [0.05, 0.1) is 10.5 Å². The van der Waals surface area contributed by atoms with Gasteiger partial charge in [-0.15, -0.1) is 0 Å². The zero-order valence-electron chi connectivity index (χ0n) is 14.7. The first-order valence-electron chi connectivity index (χ1n) is 8.06. The minimum Gasteiger partial charge on any atom is -0.484 e. The number of ether oxygens (including phenoxy) is 1. The Morgan fingerprint density at radius 2 is 1.93 bits per heavy atom. The number of hydrogen-bond donors (Lipinski definition) is 1. The van der Waals surface area contributed by atoms with E-state index in [0.29, 0.717) is 6.07 Å². The number of nitrogens with one attached hydrogen (secondary N) is 1. The van der Waals surface area contributed by atoms with Crippen molar-refractivity contribution in [3.63, 3.8) is 0 Å². The second-order valence-electron chi connectivity index (χ2n) is 5.89. The van der Waals surface area contributed by atoms with Crippen LogP contribution in [0, 0.1) is 10.1 Å². The van der Waals surface area contributed by atoms with E-state index in [1.165, 1.54) is 18.2 Å². The topological polar surface area (TPSA) is 112 Å². The summed E-state index contributed by atoms with van der Waals surface area (Å²) in [6, 6.07) is 7.27. The van der Waals surface area contributed by atoms with Crippen LogP contribution >= 0.6 is 11.6 Å². The molecule has 3 rings (SSSR count). The smallest absolute Gasteiger partial charge is 0.417 e. The van der Waals surface area contributed by atoms with Crippen LogP contribution in [-0.4, -0.2) is 17.4 Å². The summed E-state index contributed by atoms with van der Waals surface area (Å²) in [7, 11) is 0. The molecule has 0 saturated heterocycles. The third-order valence-corrected chi connectivity index (χ3v) is 4.14. The fourth-order valence-corrected chi connectivity index (χ4v) is 2.73. The molecule has 0 aliphatic rings. The molecule has 1 heterocycles. The fraction of sp³-hybridized carbons (Fsp3) is 0.111. The number of anilines is 1. The molecule has 1 N–H and O–H groups in total. The molecule has 0 saturated carbocycles.